The van der Waals surface area contributed by atoms with Crippen LogP contribution in [-0.2, 0) is 10.0 Å². The van der Waals surface area contributed by atoms with Crippen molar-refractivity contribution >= 4 is 15.7 Å². The van der Waals surface area contributed by atoms with Crippen LogP contribution in [0.25, 0.3) is 0 Å². The molecule has 6 heteroatoms. The molecule has 26 heavy (non-hydrogen) atoms. The molecule has 140 valence electrons. The topological polar surface area (TPSA) is 49.9 Å². The lowest BCUT2D eigenvalue weighted by molar-refractivity contribution is 0.384. The molecular formula is C20H26N2O3S. The average molecular weight is 375 g/mol. The average Bonchev–Trinajstić information content (AvgIpc) is 2.60. The van der Waals surface area contributed by atoms with Crippen LogP contribution in [0.4, 0.5) is 5.69 Å². The lowest BCUT2D eigenvalue weighted by Gasteiger charge is -2.36. The Hall–Kier alpha value is -2.05. The minimum atomic E-state index is -3.49. The number of hydrogen-bond donors (Lipinski definition) is 0. The Morgan fingerprint density at radius 2 is 1.50 bits per heavy atom. The van der Waals surface area contributed by atoms with Crippen molar-refractivity contribution in [2.24, 2.45) is 0 Å². The van der Waals surface area contributed by atoms with Gasteiger partial charge in [-0.3, -0.25) is 0 Å². The Morgan fingerprint density at radius 3 is 2.04 bits per heavy atom. The Morgan fingerprint density at radius 1 is 0.885 bits per heavy atom. The van der Waals surface area contributed by atoms with E-state index in [1.54, 1.807) is 36.5 Å². The van der Waals surface area contributed by atoms with E-state index in [-0.39, 0.29) is 0 Å². The van der Waals surface area contributed by atoms with Crippen molar-refractivity contribution in [1.29, 1.82) is 0 Å². The molecule has 0 aliphatic carbocycles. The molecule has 1 saturated heterocycles. The fraction of sp³-hybridized carbons (Fsp3) is 0.400. The van der Waals surface area contributed by atoms with Crippen molar-refractivity contribution in [3.8, 4) is 5.75 Å². The summed E-state index contributed by atoms with van der Waals surface area (Å²) < 4.78 is 32.8. The highest BCUT2D eigenvalue weighted by Crippen LogP contribution is 2.26. The third kappa shape index (κ3) is 3.71. The number of piperazine rings is 1. The first-order chi connectivity index (χ1) is 12.3. The maximum Gasteiger partial charge on any atom is 0.243 e. The summed E-state index contributed by atoms with van der Waals surface area (Å²) in [5.41, 5.74) is 4.33. The first-order valence-electron chi connectivity index (χ1n) is 8.79. The summed E-state index contributed by atoms with van der Waals surface area (Å²) in [6, 6.07) is 11.6. The molecule has 3 rings (SSSR count). The molecule has 1 aliphatic rings. The lowest BCUT2D eigenvalue weighted by atomic mass is 10.1. The third-order valence-corrected chi connectivity index (χ3v) is 6.87. The van der Waals surface area contributed by atoms with Gasteiger partial charge in [0.2, 0.25) is 10.0 Å². The van der Waals surface area contributed by atoms with E-state index in [9.17, 15) is 8.42 Å². The number of methoxy groups -OCH3 is 1. The molecular weight excluding hydrogens is 348 g/mol. The minimum absolute atomic E-state index is 0.359. The molecule has 1 fully saturated rings. The van der Waals surface area contributed by atoms with Crippen LogP contribution in [0, 0.1) is 20.8 Å². The Balaban J connectivity index is 1.76. The Labute approximate surface area is 156 Å². The highest BCUT2D eigenvalue weighted by atomic mass is 32.2. The van der Waals surface area contributed by atoms with Crippen LogP contribution in [0.1, 0.15) is 16.7 Å². The highest BCUT2D eigenvalue weighted by Gasteiger charge is 2.29. The van der Waals surface area contributed by atoms with Gasteiger partial charge in [-0.05, 0) is 67.8 Å². The molecule has 2 aromatic rings. The maximum absolute atomic E-state index is 13.0. The molecule has 0 saturated carbocycles. The molecule has 0 bridgehead atoms. The third-order valence-electron chi connectivity index (χ3n) is 4.81. The molecule has 5 nitrogen and oxygen atoms in total. The monoisotopic (exact) mass is 374 g/mol. The standard InChI is InChI=1S/C20H26N2O3S/c1-15-11-16(2)13-18(12-15)21-7-9-22(10-8-21)26(23,24)20-6-5-19(25-4)14-17(20)3/h5-6,11-14H,7-10H2,1-4H3. The summed E-state index contributed by atoms with van der Waals surface area (Å²) in [5, 5.41) is 0. The zero-order valence-corrected chi connectivity index (χ0v) is 16.6. The van der Waals surface area contributed by atoms with Crippen molar-refractivity contribution in [3.05, 3.63) is 53.1 Å². The van der Waals surface area contributed by atoms with Crippen LogP contribution < -0.4 is 9.64 Å². The van der Waals surface area contributed by atoms with Gasteiger partial charge in [0, 0.05) is 31.9 Å². The van der Waals surface area contributed by atoms with E-state index in [0.717, 1.165) is 0 Å². The van der Waals surface area contributed by atoms with E-state index in [1.807, 2.05) is 0 Å². The smallest absolute Gasteiger partial charge is 0.243 e. The second-order valence-corrected chi connectivity index (χ2v) is 8.77. The summed E-state index contributed by atoms with van der Waals surface area (Å²) in [6.45, 7) is 8.34. The van der Waals surface area contributed by atoms with Gasteiger partial charge in [0.15, 0.2) is 0 Å². The second kappa shape index (κ2) is 7.29. The normalized spacial score (nSPS) is 15.9. The van der Waals surface area contributed by atoms with Gasteiger partial charge in [-0.2, -0.15) is 4.31 Å². The van der Waals surface area contributed by atoms with Crippen molar-refractivity contribution in [1.82, 2.24) is 4.31 Å². The molecule has 1 heterocycles. The number of anilines is 1. The summed E-state index contributed by atoms with van der Waals surface area (Å²) in [5.74, 6) is 0.668. The summed E-state index contributed by atoms with van der Waals surface area (Å²) in [4.78, 5) is 2.62. The van der Waals surface area contributed by atoms with E-state index >= 15 is 0 Å². The Kier molecular flexibility index (Phi) is 5.25. The molecule has 0 amide bonds. The van der Waals surface area contributed by atoms with E-state index < -0.39 is 10.0 Å². The van der Waals surface area contributed by atoms with Crippen LogP contribution in [0.15, 0.2) is 41.3 Å². The van der Waals surface area contributed by atoms with Crippen molar-refractivity contribution in [2.45, 2.75) is 25.7 Å². The zero-order valence-electron chi connectivity index (χ0n) is 15.8. The summed E-state index contributed by atoms with van der Waals surface area (Å²) in [7, 11) is -1.91. The van der Waals surface area contributed by atoms with Gasteiger partial charge in [-0.25, -0.2) is 8.42 Å². The van der Waals surface area contributed by atoms with Crippen LogP contribution in [0.2, 0.25) is 0 Å². The van der Waals surface area contributed by atoms with Gasteiger partial charge in [0.25, 0.3) is 0 Å². The van der Waals surface area contributed by atoms with Gasteiger partial charge in [0.05, 0.1) is 12.0 Å². The van der Waals surface area contributed by atoms with Crippen LogP contribution >= 0.6 is 0 Å². The van der Waals surface area contributed by atoms with Crippen LogP contribution in [0.5, 0.6) is 5.75 Å². The van der Waals surface area contributed by atoms with E-state index in [2.05, 4.69) is 36.9 Å². The van der Waals surface area contributed by atoms with Gasteiger partial charge in [-0.1, -0.05) is 6.07 Å². The SMILES string of the molecule is COc1ccc(S(=O)(=O)N2CCN(c3cc(C)cc(C)c3)CC2)c(C)c1. The van der Waals surface area contributed by atoms with Crippen molar-refractivity contribution in [2.75, 3.05) is 38.2 Å². The number of ether oxygens (including phenoxy) is 1. The van der Waals surface area contributed by atoms with Crippen molar-refractivity contribution in [3.63, 3.8) is 0 Å². The molecule has 0 spiro atoms. The van der Waals surface area contributed by atoms with Gasteiger partial charge < -0.3 is 9.64 Å². The fourth-order valence-electron chi connectivity index (χ4n) is 3.50. The maximum atomic E-state index is 13.0. The molecule has 0 N–H and O–H groups in total. The summed E-state index contributed by atoms with van der Waals surface area (Å²) in [6.07, 6.45) is 0. The molecule has 0 aromatic heterocycles. The number of sulfonamides is 1. The first-order valence-corrected chi connectivity index (χ1v) is 10.2. The largest absolute Gasteiger partial charge is 0.497 e. The molecule has 2 aromatic carbocycles. The molecule has 0 radical (unpaired) electrons. The molecule has 0 unspecified atom stereocenters. The van der Waals surface area contributed by atoms with E-state index in [0.29, 0.717) is 42.4 Å². The number of aryl methyl sites for hydroxylation is 3. The van der Waals surface area contributed by atoms with Crippen molar-refractivity contribution < 1.29 is 13.2 Å². The van der Waals surface area contributed by atoms with E-state index in [4.69, 9.17) is 4.74 Å². The Bertz CT molecular complexity index is 881. The van der Waals surface area contributed by atoms with E-state index in [1.165, 1.54) is 16.8 Å². The molecule has 0 atom stereocenters. The number of rotatable bonds is 4. The lowest BCUT2D eigenvalue weighted by Crippen LogP contribution is -2.48. The predicted molar refractivity (Wildman–Crippen MR) is 105 cm³/mol. The fourth-order valence-corrected chi connectivity index (χ4v) is 5.13. The number of benzene rings is 2. The van der Waals surface area contributed by atoms with Gasteiger partial charge >= 0.3 is 0 Å². The highest BCUT2D eigenvalue weighted by molar-refractivity contribution is 7.89. The quantitative estimate of drug-likeness (QED) is 0.825. The minimum Gasteiger partial charge on any atom is -0.497 e. The van der Waals surface area contributed by atoms with Gasteiger partial charge in [0.1, 0.15) is 5.75 Å². The number of nitrogens with zero attached hydrogens (tertiary/aromatic N) is 2. The summed E-state index contributed by atoms with van der Waals surface area (Å²) >= 11 is 0. The van der Waals surface area contributed by atoms with Crippen LogP contribution in [-0.4, -0.2) is 46.0 Å². The predicted octanol–water partition coefficient (Wildman–Crippen LogP) is 3.13. The molecule has 1 aliphatic heterocycles. The second-order valence-electron chi connectivity index (χ2n) is 6.87. The van der Waals surface area contributed by atoms with Gasteiger partial charge in [-0.15, -0.1) is 0 Å². The first kappa shape index (κ1) is 18.7. The van der Waals surface area contributed by atoms with Crippen LogP contribution in [0.3, 0.4) is 0 Å². The number of hydrogen-bond acceptors (Lipinski definition) is 4. The zero-order chi connectivity index (χ0) is 18.9.